The molecule has 2 aromatic heterocycles. The van der Waals surface area contributed by atoms with Crippen molar-refractivity contribution in [2.24, 2.45) is 5.92 Å². The van der Waals surface area contributed by atoms with Gasteiger partial charge in [0.05, 0.1) is 18.7 Å². The Morgan fingerprint density at radius 1 is 1.22 bits per heavy atom. The van der Waals surface area contributed by atoms with Gasteiger partial charge in [-0.25, -0.2) is 9.97 Å². The maximum absolute atomic E-state index is 12.6. The van der Waals surface area contributed by atoms with Gasteiger partial charge in [0, 0.05) is 37.4 Å². The summed E-state index contributed by atoms with van der Waals surface area (Å²) >= 11 is 0. The number of anilines is 1. The lowest BCUT2D eigenvalue weighted by atomic mass is 9.78. The number of amides is 1. The number of aryl methyl sites for hydroxylation is 2. The molecule has 0 saturated carbocycles. The first-order valence-corrected chi connectivity index (χ1v) is 9.44. The molecule has 2 aliphatic rings. The molecule has 2 saturated heterocycles. The predicted molar refractivity (Wildman–Crippen MR) is 102 cm³/mol. The Kier molecular flexibility index (Phi) is 4.78. The lowest BCUT2D eigenvalue weighted by Gasteiger charge is -2.50. The summed E-state index contributed by atoms with van der Waals surface area (Å²) in [5, 5.41) is 3.28. The predicted octanol–water partition coefficient (Wildman–Crippen LogP) is 2.22. The average molecular weight is 367 g/mol. The molecule has 2 aliphatic heterocycles. The lowest BCUT2D eigenvalue weighted by Crippen LogP contribution is -2.66. The number of nitrogens with one attached hydrogen (secondary N) is 1. The second-order valence-corrected chi connectivity index (χ2v) is 7.55. The number of likely N-dealkylation sites (tertiary alicyclic amines) is 1. The van der Waals surface area contributed by atoms with Crippen molar-refractivity contribution >= 4 is 11.9 Å². The van der Waals surface area contributed by atoms with Gasteiger partial charge in [0.25, 0.3) is 5.91 Å². The van der Waals surface area contributed by atoms with Crippen LogP contribution in [0.1, 0.15) is 34.5 Å². The molecular formula is C20H25N5O2. The number of nitrogens with zero attached hydrogens (tertiary/aromatic N) is 4. The van der Waals surface area contributed by atoms with E-state index in [-0.39, 0.29) is 11.5 Å². The van der Waals surface area contributed by atoms with Gasteiger partial charge in [0.1, 0.15) is 5.60 Å². The van der Waals surface area contributed by atoms with Crippen molar-refractivity contribution in [1.29, 1.82) is 0 Å². The van der Waals surface area contributed by atoms with E-state index in [0.717, 1.165) is 37.3 Å². The van der Waals surface area contributed by atoms with Crippen LogP contribution in [0.25, 0.3) is 0 Å². The topological polar surface area (TPSA) is 80.2 Å². The van der Waals surface area contributed by atoms with Crippen LogP contribution in [0.5, 0.6) is 0 Å². The molecule has 1 spiro atoms. The summed E-state index contributed by atoms with van der Waals surface area (Å²) in [5.41, 5.74) is 2.41. The van der Waals surface area contributed by atoms with Crippen LogP contribution >= 0.6 is 0 Å². The Bertz CT molecular complexity index is 800. The molecule has 0 aromatic carbocycles. The number of hydrogen-bond donors (Lipinski definition) is 1. The fraction of sp³-hybridized carbons (Fsp3) is 0.500. The SMILES string of the molecule is Cc1cnc(NCC[C@@H]2CCOC23CN(C(=O)c2ccc(C)nc2)C3)nc1. The third-order valence-corrected chi connectivity index (χ3v) is 5.52. The molecule has 1 atom stereocenters. The lowest BCUT2D eigenvalue weighted by molar-refractivity contribution is -0.117. The van der Waals surface area contributed by atoms with Crippen molar-refractivity contribution in [3.8, 4) is 0 Å². The van der Waals surface area contributed by atoms with Crippen LogP contribution in [0.4, 0.5) is 5.95 Å². The maximum atomic E-state index is 12.6. The first kappa shape index (κ1) is 17.9. The molecule has 1 amide bonds. The second kappa shape index (κ2) is 7.23. The van der Waals surface area contributed by atoms with Crippen LogP contribution in [0, 0.1) is 19.8 Å². The van der Waals surface area contributed by atoms with E-state index in [9.17, 15) is 4.79 Å². The van der Waals surface area contributed by atoms with Gasteiger partial charge in [-0.15, -0.1) is 0 Å². The smallest absolute Gasteiger partial charge is 0.255 e. The highest BCUT2D eigenvalue weighted by atomic mass is 16.5. The van der Waals surface area contributed by atoms with Crippen molar-refractivity contribution in [2.45, 2.75) is 32.3 Å². The monoisotopic (exact) mass is 367 g/mol. The van der Waals surface area contributed by atoms with Crippen molar-refractivity contribution in [3.63, 3.8) is 0 Å². The molecular weight excluding hydrogens is 342 g/mol. The Morgan fingerprint density at radius 3 is 2.70 bits per heavy atom. The highest BCUT2D eigenvalue weighted by Crippen LogP contribution is 2.42. The molecule has 2 aromatic rings. The quantitative estimate of drug-likeness (QED) is 0.873. The van der Waals surface area contributed by atoms with Gasteiger partial charge in [-0.05, 0) is 50.3 Å². The number of ether oxygens (including phenoxy) is 1. The van der Waals surface area contributed by atoms with Gasteiger partial charge in [0.2, 0.25) is 5.95 Å². The van der Waals surface area contributed by atoms with Crippen LogP contribution in [0.15, 0.2) is 30.7 Å². The highest BCUT2D eigenvalue weighted by molar-refractivity contribution is 5.94. The molecule has 7 heteroatoms. The number of carbonyl (C=O) groups excluding carboxylic acids is 1. The molecule has 0 aliphatic carbocycles. The third kappa shape index (κ3) is 3.64. The molecule has 27 heavy (non-hydrogen) atoms. The van der Waals surface area contributed by atoms with Crippen LogP contribution in [0.3, 0.4) is 0 Å². The molecule has 1 N–H and O–H groups in total. The van der Waals surface area contributed by atoms with Crippen molar-refractivity contribution < 1.29 is 9.53 Å². The van der Waals surface area contributed by atoms with Crippen LogP contribution < -0.4 is 5.32 Å². The molecule has 2 fully saturated rings. The zero-order valence-electron chi connectivity index (χ0n) is 15.8. The van der Waals surface area contributed by atoms with Crippen molar-refractivity contribution in [2.75, 3.05) is 31.6 Å². The summed E-state index contributed by atoms with van der Waals surface area (Å²) in [6, 6.07) is 3.71. The third-order valence-electron chi connectivity index (χ3n) is 5.52. The summed E-state index contributed by atoms with van der Waals surface area (Å²) in [7, 11) is 0. The number of hydrogen-bond acceptors (Lipinski definition) is 6. The molecule has 4 heterocycles. The minimum absolute atomic E-state index is 0.0357. The van der Waals surface area contributed by atoms with E-state index in [2.05, 4.69) is 20.3 Å². The molecule has 7 nitrogen and oxygen atoms in total. The molecule has 0 unspecified atom stereocenters. The Balaban J connectivity index is 1.30. The second-order valence-electron chi connectivity index (χ2n) is 7.55. The minimum Gasteiger partial charge on any atom is -0.371 e. The molecule has 0 bridgehead atoms. The first-order valence-electron chi connectivity index (χ1n) is 9.44. The highest BCUT2D eigenvalue weighted by Gasteiger charge is 2.54. The Labute approximate surface area is 159 Å². The van der Waals surface area contributed by atoms with E-state index >= 15 is 0 Å². The van der Waals surface area contributed by atoms with Gasteiger partial charge >= 0.3 is 0 Å². The summed E-state index contributed by atoms with van der Waals surface area (Å²) in [4.78, 5) is 27.2. The van der Waals surface area contributed by atoms with E-state index in [4.69, 9.17) is 4.74 Å². The largest absolute Gasteiger partial charge is 0.371 e. The number of pyridine rings is 1. The summed E-state index contributed by atoms with van der Waals surface area (Å²) in [6.07, 6.45) is 7.28. The minimum atomic E-state index is -0.191. The fourth-order valence-electron chi connectivity index (χ4n) is 3.90. The maximum Gasteiger partial charge on any atom is 0.255 e. The van der Waals surface area contributed by atoms with Gasteiger partial charge in [-0.2, -0.15) is 0 Å². The standard InChI is InChI=1S/C20H25N5O2/c1-14-9-23-19(24-10-14)21-7-5-17-6-8-27-20(17)12-25(13-20)18(26)16-4-3-15(2)22-11-16/h3-4,9-11,17H,5-8,12-13H2,1-2H3,(H,21,23,24)/t17-/m1/s1. The molecule has 0 radical (unpaired) electrons. The summed E-state index contributed by atoms with van der Waals surface area (Å²) < 4.78 is 6.07. The number of rotatable bonds is 5. The van der Waals surface area contributed by atoms with Crippen LogP contribution in [-0.2, 0) is 4.74 Å². The van der Waals surface area contributed by atoms with Crippen molar-refractivity contribution in [1.82, 2.24) is 19.9 Å². The van der Waals surface area contributed by atoms with Crippen LogP contribution in [0.2, 0.25) is 0 Å². The zero-order chi connectivity index (χ0) is 18.9. The number of carbonyl (C=O) groups is 1. The van der Waals surface area contributed by atoms with Gasteiger partial charge < -0.3 is 15.0 Å². The summed E-state index contributed by atoms with van der Waals surface area (Å²) in [5.74, 6) is 1.13. The Morgan fingerprint density at radius 2 is 2.00 bits per heavy atom. The van der Waals surface area contributed by atoms with E-state index < -0.39 is 0 Å². The average Bonchev–Trinajstić information content (AvgIpc) is 3.06. The molecule has 142 valence electrons. The normalized spacial score (nSPS) is 20.5. The zero-order valence-corrected chi connectivity index (χ0v) is 15.8. The van der Waals surface area contributed by atoms with E-state index in [0.29, 0.717) is 30.5 Å². The van der Waals surface area contributed by atoms with Crippen LogP contribution in [-0.4, -0.2) is 57.6 Å². The van der Waals surface area contributed by atoms with E-state index in [1.165, 1.54) is 0 Å². The Hall–Kier alpha value is -2.54. The van der Waals surface area contributed by atoms with Gasteiger partial charge in [0.15, 0.2) is 0 Å². The van der Waals surface area contributed by atoms with E-state index in [1.807, 2.05) is 43.3 Å². The van der Waals surface area contributed by atoms with E-state index in [1.54, 1.807) is 6.20 Å². The van der Waals surface area contributed by atoms with Gasteiger partial charge in [-0.3, -0.25) is 9.78 Å². The van der Waals surface area contributed by atoms with Crippen molar-refractivity contribution in [3.05, 3.63) is 47.5 Å². The summed E-state index contributed by atoms with van der Waals surface area (Å²) in [6.45, 7) is 6.77. The number of aromatic nitrogens is 3. The fourth-order valence-corrected chi connectivity index (χ4v) is 3.90. The van der Waals surface area contributed by atoms with Gasteiger partial charge in [-0.1, -0.05) is 0 Å². The molecule has 4 rings (SSSR count). The first-order chi connectivity index (χ1) is 13.1.